The van der Waals surface area contributed by atoms with E-state index in [4.69, 9.17) is 0 Å². The molecule has 0 aliphatic rings. The van der Waals surface area contributed by atoms with Gasteiger partial charge in [-0.15, -0.1) is 10.2 Å². The van der Waals surface area contributed by atoms with Crippen molar-refractivity contribution in [3.63, 3.8) is 0 Å². The molecule has 0 radical (unpaired) electrons. The van der Waals surface area contributed by atoms with Crippen LogP contribution >= 0.6 is 0 Å². The minimum Gasteiger partial charge on any atom is -0.352 e. The molecule has 0 aliphatic carbocycles. The molecule has 6 nitrogen and oxygen atoms in total. The monoisotopic (exact) mass is 395 g/mol. The number of amides is 1. The normalized spacial score (nSPS) is 10.4. The van der Waals surface area contributed by atoms with Gasteiger partial charge in [0.2, 0.25) is 0 Å². The lowest BCUT2D eigenvalue weighted by Crippen LogP contribution is -2.25. The molecule has 1 amide bonds. The van der Waals surface area contributed by atoms with Crippen LogP contribution in [0.1, 0.15) is 15.9 Å². The minimum absolute atomic E-state index is 0.113. The van der Waals surface area contributed by atoms with Crippen LogP contribution in [-0.4, -0.2) is 27.6 Å². The van der Waals surface area contributed by atoms with Crippen molar-refractivity contribution in [2.24, 2.45) is 0 Å². The van der Waals surface area contributed by atoms with Gasteiger partial charge in [-0.1, -0.05) is 36.4 Å². The van der Waals surface area contributed by atoms with Crippen molar-refractivity contribution in [1.82, 2.24) is 20.5 Å². The minimum atomic E-state index is -0.113. The number of hydrogen-bond acceptors (Lipinski definition) is 5. The summed E-state index contributed by atoms with van der Waals surface area (Å²) in [6.07, 6.45) is 4.26. The van der Waals surface area contributed by atoms with Gasteiger partial charge >= 0.3 is 0 Å². The average Bonchev–Trinajstić information content (AvgIpc) is 2.81. The first kappa shape index (κ1) is 19.3. The van der Waals surface area contributed by atoms with Gasteiger partial charge in [-0.3, -0.25) is 9.78 Å². The SMILES string of the molecule is O=C(NCCc1ccncc1)c1cccc(Nc2ccc(-c3ccccc3)nn2)c1. The maximum atomic E-state index is 12.5. The summed E-state index contributed by atoms with van der Waals surface area (Å²) in [5.41, 5.74) is 4.32. The molecule has 2 aromatic heterocycles. The highest BCUT2D eigenvalue weighted by molar-refractivity contribution is 5.95. The summed E-state index contributed by atoms with van der Waals surface area (Å²) >= 11 is 0. The molecule has 0 atom stereocenters. The van der Waals surface area contributed by atoms with Crippen molar-refractivity contribution < 1.29 is 4.79 Å². The van der Waals surface area contributed by atoms with E-state index in [2.05, 4.69) is 25.8 Å². The highest BCUT2D eigenvalue weighted by atomic mass is 16.1. The molecule has 2 aromatic carbocycles. The standard InChI is InChI=1S/C24H21N5O/c30-24(26-16-13-18-11-14-25-15-12-18)20-7-4-8-21(17-20)27-23-10-9-22(28-29-23)19-5-2-1-3-6-19/h1-12,14-15,17H,13,16H2,(H,26,30)(H,27,29). The van der Waals surface area contributed by atoms with Crippen LogP contribution in [-0.2, 0) is 6.42 Å². The number of pyridine rings is 1. The number of hydrogen-bond donors (Lipinski definition) is 2. The van der Waals surface area contributed by atoms with Crippen LogP contribution in [0, 0.1) is 0 Å². The van der Waals surface area contributed by atoms with Gasteiger partial charge in [0.15, 0.2) is 5.82 Å². The number of anilines is 2. The smallest absolute Gasteiger partial charge is 0.251 e. The second-order valence-corrected chi connectivity index (χ2v) is 6.74. The lowest BCUT2D eigenvalue weighted by atomic mass is 10.1. The summed E-state index contributed by atoms with van der Waals surface area (Å²) in [4.78, 5) is 16.5. The van der Waals surface area contributed by atoms with Gasteiger partial charge in [-0.25, -0.2) is 0 Å². The van der Waals surface area contributed by atoms with Crippen LogP contribution in [0.2, 0.25) is 0 Å². The molecule has 4 rings (SSSR count). The Morgan fingerprint density at radius 3 is 2.43 bits per heavy atom. The number of carbonyl (C=O) groups excluding carboxylic acids is 1. The number of nitrogens with one attached hydrogen (secondary N) is 2. The zero-order valence-corrected chi connectivity index (χ0v) is 16.3. The third-order valence-corrected chi connectivity index (χ3v) is 4.58. The molecule has 0 unspecified atom stereocenters. The molecule has 0 bridgehead atoms. The van der Waals surface area contributed by atoms with Gasteiger partial charge in [-0.2, -0.15) is 0 Å². The Kier molecular flexibility index (Phi) is 6.05. The van der Waals surface area contributed by atoms with E-state index in [0.29, 0.717) is 17.9 Å². The summed E-state index contributed by atoms with van der Waals surface area (Å²) in [7, 11) is 0. The van der Waals surface area contributed by atoms with Gasteiger partial charge < -0.3 is 10.6 Å². The van der Waals surface area contributed by atoms with Crippen LogP contribution in [0.3, 0.4) is 0 Å². The van der Waals surface area contributed by atoms with Crippen LogP contribution in [0.4, 0.5) is 11.5 Å². The van der Waals surface area contributed by atoms with Crippen molar-refractivity contribution >= 4 is 17.4 Å². The van der Waals surface area contributed by atoms with E-state index in [0.717, 1.165) is 28.9 Å². The second-order valence-electron chi connectivity index (χ2n) is 6.74. The average molecular weight is 395 g/mol. The summed E-state index contributed by atoms with van der Waals surface area (Å²) in [6.45, 7) is 0.562. The Morgan fingerprint density at radius 2 is 1.67 bits per heavy atom. The molecule has 4 aromatic rings. The number of rotatable bonds is 7. The fourth-order valence-electron chi connectivity index (χ4n) is 3.02. The zero-order valence-electron chi connectivity index (χ0n) is 16.3. The van der Waals surface area contributed by atoms with Gasteiger partial charge in [0.05, 0.1) is 5.69 Å². The third-order valence-electron chi connectivity index (χ3n) is 4.58. The van der Waals surface area contributed by atoms with Crippen LogP contribution in [0.15, 0.2) is 91.3 Å². The lowest BCUT2D eigenvalue weighted by Gasteiger charge is -2.09. The fourth-order valence-corrected chi connectivity index (χ4v) is 3.02. The van der Waals surface area contributed by atoms with E-state index in [1.54, 1.807) is 24.5 Å². The number of aromatic nitrogens is 3. The van der Waals surface area contributed by atoms with E-state index in [-0.39, 0.29) is 5.91 Å². The summed E-state index contributed by atoms with van der Waals surface area (Å²) in [5.74, 6) is 0.503. The van der Waals surface area contributed by atoms with Crippen molar-refractivity contribution in [3.8, 4) is 11.3 Å². The first-order chi connectivity index (χ1) is 14.8. The summed E-state index contributed by atoms with van der Waals surface area (Å²) in [6, 6.07) is 24.9. The Labute approximate surface area is 175 Å². The van der Waals surface area contributed by atoms with E-state index in [1.165, 1.54) is 0 Å². The Morgan fingerprint density at radius 1 is 0.833 bits per heavy atom. The zero-order chi connectivity index (χ0) is 20.6. The lowest BCUT2D eigenvalue weighted by molar-refractivity contribution is 0.0954. The predicted molar refractivity (Wildman–Crippen MR) is 117 cm³/mol. The van der Waals surface area contributed by atoms with E-state index >= 15 is 0 Å². The highest BCUT2D eigenvalue weighted by Gasteiger charge is 2.07. The Balaban J connectivity index is 1.36. The fraction of sp³-hybridized carbons (Fsp3) is 0.0833. The summed E-state index contributed by atoms with van der Waals surface area (Å²) < 4.78 is 0. The second kappa shape index (κ2) is 9.43. The molecule has 0 saturated carbocycles. The maximum absolute atomic E-state index is 12.5. The Bertz CT molecular complexity index is 1100. The first-order valence-corrected chi connectivity index (χ1v) is 9.71. The van der Waals surface area contributed by atoms with Crippen LogP contribution in [0.25, 0.3) is 11.3 Å². The molecule has 2 N–H and O–H groups in total. The van der Waals surface area contributed by atoms with Crippen LogP contribution < -0.4 is 10.6 Å². The molecular formula is C24H21N5O. The molecule has 2 heterocycles. The molecular weight excluding hydrogens is 374 g/mol. The molecule has 0 aliphatic heterocycles. The summed E-state index contributed by atoms with van der Waals surface area (Å²) in [5, 5.41) is 14.7. The van der Waals surface area contributed by atoms with Gasteiger partial charge in [0, 0.05) is 35.8 Å². The predicted octanol–water partition coefficient (Wildman–Crippen LogP) is 4.25. The molecule has 0 fully saturated rings. The van der Waals surface area contributed by atoms with Gasteiger partial charge in [0.1, 0.15) is 0 Å². The number of carbonyl (C=O) groups is 1. The van der Waals surface area contributed by atoms with E-state index in [9.17, 15) is 4.79 Å². The molecule has 30 heavy (non-hydrogen) atoms. The number of nitrogens with zero attached hydrogens (tertiary/aromatic N) is 3. The molecule has 6 heteroatoms. The van der Waals surface area contributed by atoms with Crippen LogP contribution in [0.5, 0.6) is 0 Å². The van der Waals surface area contributed by atoms with Crippen molar-refractivity contribution in [3.05, 3.63) is 102 Å². The van der Waals surface area contributed by atoms with Crippen molar-refractivity contribution in [2.45, 2.75) is 6.42 Å². The molecule has 0 spiro atoms. The molecule has 148 valence electrons. The highest BCUT2D eigenvalue weighted by Crippen LogP contribution is 2.19. The van der Waals surface area contributed by atoms with E-state index < -0.39 is 0 Å². The van der Waals surface area contributed by atoms with Gasteiger partial charge in [-0.05, 0) is 54.4 Å². The quantitative estimate of drug-likeness (QED) is 0.489. The Hall–Kier alpha value is -4.06. The van der Waals surface area contributed by atoms with Crippen molar-refractivity contribution in [1.29, 1.82) is 0 Å². The van der Waals surface area contributed by atoms with Crippen molar-refractivity contribution in [2.75, 3.05) is 11.9 Å². The van der Waals surface area contributed by atoms with E-state index in [1.807, 2.05) is 66.7 Å². The van der Waals surface area contributed by atoms with Gasteiger partial charge in [0.25, 0.3) is 5.91 Å². The molecule has 0 saturated heterocycles. The maximum Gasteiger partial charge on any atom is 0.251 e. The topological polar surface area (TPSA) is 79.8 Å². The first-order valence-electron chi connectivity index (χ1n) is 9.71. The largest absolute Gasteiger partial charge is 0.352 e. The number of benzene rings is 2. The third kappa shape index (κ3) is 5.05.